The molecule has 1 fully saturated rings. The van der Waals surface area contributed by atoms with Crippen LogP contribution in [0.3, 0.4) is 0 Å². The Labute approximate surface area is 126 Å². The molecule has 5 nitrogen and oxygen atoms in total. The molecule has 0 amide bonds. The van der Waals surface area contributed by atoms with E-state index in [4.69, 9.17) is 9.47 Å². The minimum absolute atomic E-state index is 0.0874. The van der Waals surface area contributed by atoms with Gasteiger partial charge in [0.2, 0.25) is 10.0 Å². The Morgan fingerprint density at radius 2 is 1.90 bits per heavy atom. The van der Waals surface area contributed by atoms with Gasteiger partial charge in [0.1, 0.15) is 5.75 Å². The van der Waals surface area contributed by atoms with Crippen LogP contribution in [0.4, 0.5) is 0 Å². The highest BCUT2D eigenvalue weighted by Gasteiger charge is 2.35. The van der Waals surface area contributed by atoms with Crippen molar-refractivity contribution < 1.29 is 17.9 Å². The van der Waals surface area contributed by atoms with Crippen LogP contribution in [0.5, 0.6) is 5.75 Å². The van der Waals surface area contributed by atoms with Crippen molar-refractivity contribution in [3.63, 3.8) is 0 Å². The van der Waals surface area contributed by atoms with Gasteiger partial charge in [0, 0.05) is 12.6 Å². The second-order valence-electron chi connectivity index (χ2n) is 5.66. The van der Waals surface area contributed by atoms with Crippen molar-refractivity contribution in [3.05, 3.63) is 23.3 Å². The second-order valence-corrected chi connectivity index (χ2v) is 7.51. The monoisotopic (exact) mass is 313 g/mol. The van der Waals surface area contributed by atoms with E-state index in [1.165, 1.54) is 4.31 Å². The maximum Gasteiger partial charge on any atom is 0.243 e. The molecule has 2 unspecified atom stereocenters. The maximum absolute atomic E-state index is 12.9. The van der Waals surface area contributed by atoms with Gasteiger partial charge in [-0.15, -0.1) is 0 Å². The van der Waals surface area contributed by atoms with Crippen molar-refractivity contribution in [2.75, 3.05) is 20.3 Å². The SMILES string of the molecule is COc1cc(C)c(S(=O)(=O)N2CC(C)OCC2C)cc1C. The topological polar surface area (TPSA) is 55.8 Å². The summed E-state index contributed by atoms with van der Waals surface area (Å²) in [4.78, 5) is 0.349. The smallest absolute Gasteiger partial charge is 0.243 e. The molecular formula is C15H23NO4S. The number of sulfonamides is 1. The number of nitrogens with zero attached hydrogens (tertiary/aromatic N) is 1. The van der Waals surface area contributed by atoms with Crippen LogP contribution in [-0.2, 0) is 14.8 Å². The van der Waals surface area contributed by atoms with Crippen LogP contribution < -0.4 is 4.74 Å². The van der Waals surface area contributed by atoms with Gasteiger partial charge in [-0.3, -0.25) is 0 Å². The molecule has 6 heteroatoms. The summed E-state index contributed by atoms with van der Waals surface area (Å²) in [6, 6.07) is 3.31. The number of hydrogen-bond donors (Lipinski definition) is 0. The molecule has 1 heterocycles. The minimum atomic E-state index is -3.52. The third kappa shape index (κ3) is 3.07. The van der Waals surface area contributed by atoms with Crippen LogP contribution in [0.25, 0.3) is 0 Å². The fourth-order valence-corrected chi connectivity index (χ4v) is 4.58. The van der Waals surface area contributed by atoms with Gasteiger partial charge in [-0.25, -0.2) is 8.42 Å². The zero-order valence-corrected chi connectivity index (χ0v) is 14.0. The van der Waals surface area contributed by atoms with E-state index in [1.54, 1.807) is 26.2 Å². The Hall–Kier alpha value is -1.11. The Kier molecular flexibility index (Phi) is 4.60. The number of methoxy groups -OCH3 is 1. The van der Waals surface area contributed by atoms with E-state index in [2.05, 4.69) is 0 Å². The lowest BCUT2D eigenvalue weighted by Gasteiger charge is -2.36. The molecule has 1 aliphatic heterocycles. The summed E-state index contributed by atoms with van der Waals surface area (Å²) in [5, 5.41) is 0. The fraction of sp³-hybridized carbons (Fsp3) is 0.600. The third-order valence-electron chi connectivity index (χ3n) is 3.83. The molecule has 0 saturated carbocycles. The predicted octanol–water partition coefficient (Wildman–Crippen LogP) is 2.11. The summed E-state index contributed by atoms with van der Waals surface area (Å²) in [6.45, 7) is 8.21. The zero-order chi connectivity index (χ0) is 15.8. The van der Waals surface area contributed by atoms with E-state index < -0.39 is 10.0 Å². The van der Waals surface area contributed by atoms with Gasteiger partial charge in [0.25, 0.3) is 0 Å². The fourth-order valence-electron chi connectivity index (χ4n) is 2.60. The van der Waals surface area contributed by atoms with Crippen molar-refractivity contribution in [3.8, 4) is 5.75 Å². The van der Waals surface area contributed by atoms with Crippen LogP contribution in [0, 0.1) is 13.8 Å². The predicted molar refractivity (Wildman–Crippen MR) is 81.2 cm³/mol. The molecule has 2 rings (SSSR count). The van der Waals surface area contributed by atoms with Crippen LogP contribution in [0.2, 0.25) is 0 Å². The lowest BCUT2D eigenvalue weighted by molar-refractivity contribution is -0.0170. The Morgan fingerprint density at radius 1 is 1.24 bits per heavy atom. The first-order valence-corrected chi connectivity index (χ1v) is 8.50. The van der Waals surface area contributed by atoms with E-state index in [0.29, 0.717) is 29.4 Å². The summed E-state index contributed by atoms with van der Waals surface area (Å²) in [7, 11) is -1.94. The molecule has 2 atom stereocenters. The number of aryl methyl sites for hydroxylation is 2. The highest BCUT2D eigenvalue weighted by atomic mass is 32.2. The molecule has 1 saturated heterocycles. The molecular weight excluding hydrogens is 290 g/mol. The second kappa shape index (κ2) is 5.94. The highest BCUT2D eigenvalue weighted by molar-refractivity contribution is 7.89. The van der Waals surface area contributed by atoms with Crippen LogP contribution in [0.1, 0.15) is 25.0 Å². The highest BCUT2D eigenvalue weighted by Crippen LogP contribution is 2.29. The third-order valence-corrected chi connectivity index (χ3v) is 5.95. The quantitative estimate of drug-likeness (QED) is 0.857. The molecule has 118 valence electrons. The first-order valence-electron chi connectivity index (χ1n) is 7.06. The van der Waals surface area contributed by atoms with Crippen molar-refractivity contribution in [2.45, 2.75) is 44.7 Å². The summed E-state index contributed by atoms with van der Waals surface area (Å²) < 4.78 is 38.2. The zero-order valence-electron chi connectivity index (χ0n) is 13.2. The molecule has 1 aromatic carbocycles. The first-order chi connectivity index (χ1) is 9.77. The van der Waals surface area contributed by atoms with Gasteiger partial charge in [0.05, 0.1) is 24.7 Å². The Balaban J connectivity index is 2.46. The molecule has 1 aliphatic rings. The Bertz CT molecular complexity index is 627. The molecule has 0 aliphatic carbocycles. The van der Waals surface area contributed by atoms with Crippen LogP contribution in [0.15, 0.2) is 17.0 Å². The summed E-state index contributed by atoms with van der Waals surface area (Å²) in [5.41, 5.74) is 1.51. The number of hydrogen-bond acceptors (Lipinski definition) is 4. The van der Waals surface area contributed by atoms with Crippen LogP contribution >= 0.6 is 0 Å². The van der Waals surface area contributed by atoms with Crippen LogP contribution in [-0.4, -0.2) is 45.1 Å². The average molecular weight is 313 g/mol. The van der Waals surface area contributed by atoms with Gasteiger partial charge in [-0.05, 0) is 51.0 Å². The van der Waals surface area contributed by atoms with Gasteiger partial charge in [0.15, 0.2) is 0 Å². The van der Waals surface area contributed by atoms with Crippen molar-refractivity contribution in [1.82, 2.24) is 4.31 Å². The molecule has 21 heavy (non-hydrogen) atoms. The van der Waals surface area contributed by atoms with E-state index in [1.807, 2.05) is 20.8 Å². The lowest BCUT2D eigenvalue weighted by atomic mass is 10.1. The molecule has 0 radical (unpaired) electrons. The normalized spacial score (nSPS) is 24.0. The molecule has 0 bridgehead atoms. The molecule has 1 aromatic rings. The largest absolute Gasteiger partial charge is 0.496 e. The van der Waals surface area contributed by atoms with Gasteiger partial charge < -0.3 is 9.47 Å². The first kappa shape index (κ1) is 16.3. The number of rotatable bonds is 3. The minimum Gasteiger partial charge on any atom is -0.496 e. The number of morpholine rings is 1. The Morgan fingerprint density at radius 3 is 2.52 bits per heavy atom. The summed E-state index contributed by atoms with van der Waals surface area (Å²) >= 11 is 0. The summed E-state index contributed by atoms with van der Waals surface area (Å²) in [6.07, 6.45) is -0.0874. The van der Waals surface area contributed by atoms with Gasteiger partial charge >= 0.3 is 0 Å². The molecule has 0 spiro atoms. The van der Waals surface area contributed by atoms with Crippen molar-refractivity contribution in [1.29, 1.82) is 0 Å². The standard InChI is InChI=1S/C15H23NO4S/c1-10-7-15(11(2)6-14(10)19-5)21(17,18)16-8-13(4)20-9-12(16)3/h6-7,12-13H,8-9H2,1-5H3. The van der Waals surface area contributed by atoms with E-state index >= 15 is 0 Å². The van der Waals surface area contributed by atoms with E-state index in [0.717, 1.165) is 5.56 Å². The van der Waals surface area contributed by atoms with Gasteiger partial charge in [-0.1, -0.05) is 0 Å². The van der Waals surface area contributed by atoms with E-state index in [9.17, 15) is 8.42 Å². The van der Waals surface area contributed by atoms with E-state index in [-0.39, 0.29) is 12.1 Å². The molecule has 0 N–H and O–H groups in total. The maximum atomic E-state index is 12.9. The lowest BCUT2D eigenvalue weighted by Crippen LogP contribution is -2.50. The summed E-state index contributed by atoms with van der Waals surface area (Å²) in [5.74, 6) is 0.704. The average Bonchev–Trinajstić information content (AvgIpc) is 2.43. The molecule has 0 aromatic heterocycles. The number of ether oxygens (including phenoxy) is 2. The number of benzene rings is 1. The van der Waals surface area contributed by atoms with Crippen molar-refractivity contribution >= 4 is 10.0 Å². The van der Waals surface area contributed by atoms with Crippen molar-refractivity contribution in [2.24, 2.45) is 0 Å². The van der Waals surface area contributed by atoms with Gasteiger partial charge in [-0.2, -0.15) is 4.31 Å².